The number of ketones is 1. The Hall–Kier alpha value is -2.19. The van der Waals surface area contributed by atoms with Crippen LogP contribution in [0.5, 0.6) is 0 Å². The fourth-order valence-electron chi connectivity index (χ4n) is 4.66. The van der Waals surface area contributed by atoms with E-state index in [9.17, 15) is 4.79 Å². The van der Waals surface area contributed by atoms with Gasteiger partial charge >= 0.3 is 0 Å². The lowest BCUT2D eigenvalue weighted by Gasteiger charge is -2.32. The number of hydrogen-bond acceptors (Lipinski definition) is 2. The topological polar surface area (TPSA) is 17.1 Å². The van der Waals surface area contributed by atoms with Crippen LogP contribution in [0, 0.1) is 0 Å². The van der Waals surface area contributed by atoms with E-state index in [0.29, 0.717) is 0 Å². The maximum absolute atomic E-state index is 12.9. The molecular formula is C24H24OS. The summed E-state index contributed by atoms with van der Waals surface area (Å²) in [5.74, 6) is 0.139. The first-order chi connectivity index (χ1) is 12.7. The van der Waals surface area contributed by atoms with Gasteiger partial charge in [0.15, 0.2) is 0 Å². The standard InChI is InChI=1S/C24H24OS/c1-3-13-24(14-4-2)20-9-6-5-8-18(20)19-12-11-17(16-21(19)24)23(25)22-10-7-15-26-22/h5-12,15-16H,3-4,13-14H2,1-2H3. The first-order valence-corrected chi connectivity index (χ1v) is 10.4. The zero-order chi connectivity index (χ0) is 18.1. The molecule has 0 atom stereocenters. The van der Waals surface area contributed by atoms with E-state index in [1.54, 1.807) is 0 Å². The molecule has 2 heteroatoms. The highest BCUT2D eigenvalue weighted by atomic mass is 32.1. The van der Waals surface area contributed by atoms with Crippen molar-refractivity contribution < 1.29 is 4.79 Å². The number of rotatable bonds is 6. The van der Waals surface area contributed by atoms with Crippen LogP contribution in [-0.2, 0) is 5.41 Å². The van der Waals surface area contributed by atoms with Crippen molar-refractivity contribution in [1.29, 1.82) is 0 Å². The van der Waals surface area contributed by atoms with E-state index < -0.39 is 0 Å². The molecule has 2 aromatic carbocycles. The molecule has 132 valence electrons. The molecule has 0 saturated carbocycles. The number of carbonyl (C=O) groups is 1. The molecule has 0 spiro atoms. The van der Waals surface area contributed by atoms with Crippen molar-refractivity contribution in [2.75, 3.05) is 0 Å². The van der Waals surface area contributed by atoms with Gasteiger partial charge in [0.25, 0.3) is 0 Å². The molecule has 0 unspecified atom stereocenters. The summed E-state index contributed by atoms with van der Waals surface area (Å²) in [5, 5.41) is 1.97. The van der Waals surface area contributed by atoms with Crippen LogP contribution in [-0.4, -0.2) is 5.78 Å². The molecule has 0 fully saturated rings. The normalized spacial score (nSPS) is 14.1. The zero-order valence-corrected chi connectivity index (χ0v) is 16.2. The molecule has 3 aromatic rings. The summed E-state index contributed by atoms with van der Waals surface area (Å²) in [7, 11) is 0. The minimum atomic E-state index is 0.0428. The van der Waals surface area contributed by atoms with Crippen molar-refractivity contribution in [1.82, 2.24) is 0 Å². The molecular weight excluding hydrogens is 336 g/mol. The van der Waals surface area contributed by atoms with Gasteiger partial charge in [0.05, 0.1) is 4.88 Å². The molecule has 1 heterocycles. The molecule has 1 aromatic heterocycles. The van der Waals surface area contributed by atoms with Crippen molar-refractivity contribution in [3.05, 3.63) is 81.5 Å². The fraction of sp³-hybridized carbons (Fsp3) is 0.292. The predicted molar refractivity (Wildman–Crippen MR) is 110 cm³/mol. The minimum Gasteiger partial charge on any atom is -0.288 e. The van der Waals surface area contributed by atoms with Crippen LogP contribution in [0.15, 0.2) is 60.0 Å². The second kappa shape index (κ2) is 6.85. The summed E-state index contributed by atoms with van der Waals surface area (Å²) in [6, 6.07) is 19.0. The van der Waals surface area contributed by atoms with Gasteiger partial charge in [-0.2, -0.15) is 0 Å². The highest BCUT2D eigenvalue weighted by Crippen LogP contribution is 2.53. The van der Waals surface area contributed by atoms with Gasteiger partial charge in [0.1, 0.15) is 0 Å². The number of benzene rings is 2. The molecule has 0 radical (unpaired) electrons. The second-order valence-corrected chi connectivity index (χ2v) is 8.14. The summed E-state index contributed by atoms with van der Waals surface area (Å²) in [4.78, 5) is 13.7. The number of fused-ring (bicyclic) bond motifs is 3. The first kappa shape index (κ1) is 17.2. The Morgan fingerprint density at radius 2 is 1.62 bits per heavy atom. The van der Waals surface area contributed by atoms with Gasteiger partial charge in [-0.1, -0.05) is 69.2 Å². The average molecular weight is 361 g/mol. The Morgan fingerprint density at radius 3 is 2.31 bits per heavy atom. The molecule has 0 aliphatic heterocycles. The second-order valence-electron chi connectivity index (χ2n) is 7.19. The Kier molecular flexibility index (Phi) is 4.54. The van der Waals surface area contributed by atoms with Crippen LogP contribution >= 0.6 is 11.3 Å². The van der Waals surface area contributed by atoms with Crippen molar-refractivity contribution in [2.24, 2.45) is 0 Å². The predicted octanol–water partition coefficient (Wildman–Crippen LogP) is 6.85. The SMILES string of the molecule is CCCC1(CCC)c2ccccc2-c2ccc(C(=O)c3cccs3)cc21. The van der Waals surface area contributed by atoms with Gasteiger partial charge in [-0.25, -0.2) is 0 Å². The fourth-order valence-corrected chi connectivity index (χ4v) is 5.35. The van der Waals surface area contributed by atoms with Crippen LogP contribution in [0.3, 0.4) is 0 Å². The molecule has 0 N–H and O–H groups in total. The minimum absolute atomic E-state index is 0.0428. The Labute approximate surface area is 159 Å². The number of thiophene rings is 1. The van der Waals surface area contributed by atoms with E-state index in [4.69, 9.17) is 0 Å². The molecule has 26 heavy (non-hydrogen) atoms. The third-order valence-electron chi connectivity index (χ3n) is 5.63. The average Bonchev–Trinajstić information content (AvgIpc) is 3.29. The van der Waals surface area contributed by atoms with Crippen molar-refractivity contribution in [2.45, 2.75) is 44.9 Å². The van der Waals surface area contributed by atoms with E-state index in [1.807, 2.05) is 23.6 Å². The largest absolute Gasteiger partial charge is 0.288 e. The van der Waals surface area contributed by atoms with E-state index in [0.717, 1.165) is 36.1 Å². The monoisotopic (exact) mass is 360 g/mol. The van der Waals surface area contributed by atoms with Crippen molar-refractivity contribution >= 4 is 17.1 Å². The maximum atomic E-state index is 12.9. The lowest BCUT2D eigenvalue weighted by Crippen LogP contribution is -2.25. The van der Waals surface area contributed by atoms with E-state index in [2.05, 4.69) is 50.2 Å². The lowest BCUT2D eigenvalue weighted by molar-refractivity contribution is 0.104. The molecule has 0 bridgehead atoms. The molecule has 0 amide bonds. The number of carbonyl (C=O) groups excluding carboxylic acids is 1. The molecule has 4 rings (SSSR count). The molecule has 0 saturated heterocycles. The third kappa shape index (κ3) is 2.55. The highest BCUT2D eigenvalue weighted by molar-refractivity contribution is 7.12. The van der Waals surface area contributed by atoms with E-state index >= 15 is 0 Å². The summed E-state index contributed by atoms with van der Waals surface area (Å²) in [6.45, 7) is 4.53. The van der Waals surface area contributed by atoms with Crippen molar-refractivity contribution in [3.8, 4) is 11.1 Å². The van der Waals surface area contributed by atoms with Crippen LogP contribution in [0.1, 0.15) is 65.9 Å². The maximum Gasteiger partial charge on any atom is 0.202 e. The molecule has 1 aliphatic carbocycles. The summed E-state index contributed by atoms with van der Waals surface area (Å²) >= 11 is 1.52. The van der Waals surface area contributed by atoms with Gasteiger partial charge in [-0.15, -0.1) is 11.3 Å². The summed E-state index contributed by atoms with van der Waals surface area (Å²) in [5.41, 5.74) is 6.31. The molecule has 1 nitrogen and oxygen atoms in total. The Balaban J connectivity index is 1.90. The van der Waals surface area contributed by atoms with E-state index in [1.165, 1.54) is 33.6 Å². The van der Waals surface area contributed by atoms with Gasteiger partial charge in [-0.05, 0) is 52.6 Å². The van der Waals surface area contributed by atoms with Crippen LogP contribution in [0.2, 0.25) is 0 Å². The number of hydrogen-bond donors (Lipinski definition) is 0. The van der Waals surface area contributed by atoms with Gasteiger partial charge in [-0.3, -0.25) is 4.79 Å². The molecule has 1 aliphatic rings. The Morgan fingerprint density at radius 1 is 0.885 bits per heavy atom. The first-order valence-electron chi connectivity index (χ1n) is 9.54. The lowest BCUT2D eigenvalue weighted by atomic mass is 9.71. The quantitative estimate of drug-likeness (QED) is 0.439. The van der Waals surface area contributed by atoms with Gasteiger partial charge in [0.2, 0.25) is 5.78 Å². The van der Waals surface area contributed by atoms with Crippen LogP contribution in [0.25, 0.3) is 11.1 Å². The van der Waals surface area contributed by atoms with E-state index in [-0.39, 0.29) is 11.2 Å². The summed E-state index contributed by atoms with van der Waals surface area (Å²) in [6.07, 6.45) is 4.52. The summed E-state index contributed by atoms with van der Waals surface area (Å²) < 4.78 is 0. The highest BCUT2D eigenvalue weighted by Gasteiger charge is 2.41. The van der Waals surface area contributed by atoms with Crippen LogP contribution < -0.4 is 0 Å². The van der Waals surface area contributed by atoms with Gasteiger partial charge < -0.3 is 0 Å². The van der Waals surface area contributed by atoms with Crippen LogP contribution in [0.4, 0.5) is 0 Å². The van der Waals surface area contributed by atoms with Crippen molar-refractivity contribution in [3.63, 3.8) is 0 Å². The smallest absolute Gasteiger partial charge is 0.202 e. The zero-order valence-electron chi connectivity index (χ0n) is 15.4. The van der Waals surface area contributed by atoms with Gasteiger partial charge in [0, 0.05) is 11.0 Å². The third-order valence-corrected chi connectivity index (χ3v) is 6.50. The Bertz CT molecular complexity index is 931.